The number of carbonyl (C=O) groups is 2. The summed E-state index contributed by atoms with van der Waals surface area (Å²) in [6.45, 7) is 2.19. The molecule has 0 spiro atoms. The smallest absolute Gasteiger partial charge is 0.278 e. The van der Waals surface area contributed by atoms with Gasteiger partial charge in [0.1, 0.15) is 29.2 Å². The molecule has 0 aliphatic carbocycles. The predicted octanol–water partition coefficient (Wildman–Crippen LogP) is 4.17. The molecule has 0 unspecified atom stereocenters. The summed E-state index contributed by atoms with van der Waals surface area (Å²) >= 11 is 1.51. The van der Waals surface area contributed by atoms with E-state index >= 15 is 0 Å². The number of thiophene rings is 1. The maximum absolute atomic E-state index is 14.0. The number of hydrogen-bond acceptors (Lipinski definition) is 9. The molecule has 0 saturated carbocycles. The number of nitrogen functional groups attached to an aromatic ring is 1. The van der Waals surface area contributed by atoms with E-state index in [0.29, 0.717) is 23.8 Å². The first-order chi connectivity index (χ1) is 20.3. The molecule has 4 aromatic heterocycles. The summed E-state index contributed by atoms with van der Waals surface area (Å²) in [5.41, 5.74) is 6.00. The SMILES string of the molecule is C[C@@H]1C[C@@H](C(=O)NCc2cc3cnc(N)cc3s2)n2c1ncc(NC(=O)CCc1cc(-c3ccccc3F)on1)c2=O. The second-order valence-corrected chi connectivity index (χ2v) is 11.3. The molecule has 2 atom stereocenters. The first-order valence-electron chi connectivity index (χ1n) is 13.3. The highest BCUT2D eigenvalue weighted by atomic mass is 32.1. The number of anilines is 2. The second kappa shape index (κ2) is 11.2. The third-order valence-corrected chi connectivity index (χ3v) is 8.24. The Morgan fingerprint density at radius 2 is 2.02 bits per heavy atom. The zero-order chi connectivity index (χ0) is 29.4. The molecule has 13 heteroatoms. The van der Waals surface area contributed by atoms with Gasteiger partial charge in [0, 0.05) is 46.0 Å². The fraction of sp³-hybridized carbons (Fsp3) is 0.241. The molecule has 0 bridgehead atoms. The van der Waals surface area contributed by atoms with Crippen molar-refractivity contribution in [3.05, 3.63) is 87.4 Å². The monoisotopic (exact) mass is 587 g/mol. The Kier molecular flexibility index (Phi) is 7.25. The maximum Gasteiger partial charge on any atom is 0.278 e. The van der Waals surface area contributed by atoms with Gasteiger partial charge in [-0.2, -0.15) is 0 Å². The topological polar surface area (TPSA) is 158 Å². The van der Waals surface area contributed by atoms with Crippen LogP contribution in [0.1, 0.15) is 48.1 Å². The minimum absolute atomic E-state index is 0.00108. The Hall–Kier alpha value is -4.91. The number of amides is 2. The van der Waals surface area contributed by atoms with E-state index in [2.05, 4.69) is 25.8 Å². The lowest BCUT2D eigenvalue weighted by atomic mass is 10.1. The van der Waals surface area contributed by atoms with E-state index < -0.39 is 23.3 Å². The molecule has 0 saturated heterocycles. The van der Waals surface area contributed by atoms with Crippen LogP contribution in [0.3, 0.4) is 0 Å². The van der Waals surface area contributed by atoms with Gasteiger partial charge in [-0.1, -0.05) is 24.2 Å². The van der Waals surface area contributed by atoms with Gasteiger partial charge in [-0.3, -0.25) is 19.0 Å². The van der Waals surface area contributed by atoms with Gasteiger partial charge >= 0.3 is 0 Å². The third-order valence-electron chi connectivity index (χ3n) is 7.15. The van der Waals surface area contributed by atoms with Crippen molar-refractivity contribution in [2.75, 3.05) is 11.1 Å². The van der Waals surface area contributed by atoms with Gasteiger partial charge in [0.05, 0.1) is 24.0 Å². The minimum Gasteiger partial charge on any atom is -0.384 e. The van der Waals surface area contributed by atoms with Crippen LogP contribution in [0.2, 0.25) is 0 Å². The normalized spacial score (nSPS) is 16.0. The number of pyridine rings is 1. The van der Waals surface area contributed by atoms with Crippen LogP contribution in [-0.2, 0) is 22.6 Å². The molecule has 1 aliphatic rings. The molecule has 0 fully saturated rings. The summed E-state index contributed by atoms with van der Waals surface area (Å²) in [6, 6.07) is 10.7. The van der Waals surface area contributed by atoms with E-state index in [1.807, 2.05) is 13.0 Å². The number of nitrogens with zero attached hydrogens (tertiary/aromatic N) is 4. The van der Waals surface area contributed by atoms with Crippen molar-refractivity contribution < 1.29 is 18.5 Å². The van der Waals surface area contributed by atoms with Crippen LogP contribution in [0, 0.1) is 5.82 Å². The van der Waals surface area contributed by atoms with E-state index in [0.717, 1.165) is 15.0 Å². The Labute approximate surface area is 242 Å². The van der Waals surface area contributed by atoms with Crippen LogP contribution in [0.4, 0.5) is 15.9 Å². The number of halogens is 1. The molecule has 4 N–H and O–H groups in total. The number of benzene rings is 1. The number of aryl methyl sites for hydroxylation is 1. The molecule has 2 amide bonds. The van der Waals surface area contributed by atoms with Crippen LogP contribution < -0.4 is 21.9 Å². The predicted molar refractivity (Wildman–Crippen MR) is 155 cm³/mol. The van der Waals surface area contributed by atoms with Gasteiger partial charge in [-0.15, -0.1) is 11.3 Å². The molecule has 214 valence electrons. The molecular weight excluding hydrogens is 561 g/mol. The number of fused-ring (bicyclic) bond motifs is 2. The van der Waals surface area contributed by atoms with Gasteiger partial charge < -0.3 is 20.9 Å². The molecular formula is C29H26FN7O4S. The summed E-state index contributed by atoms with van der Waals surface area (Å²) in [5.74, 6) is -0.115. The highest BCUT2D eigenvalue weighted by molar-refractivity contribution is 7.19. The van der Waals surface area contributed by atoms with Crippen molar-refractivity contribution in [1.82, 2.24) is 25.0 Å². The van der Waals surface area contributed by atoms with Crippen LogP contribution in [0.25, 0.3) is 21.4 Å². The van der Waals surface area contributed by atoms with Crippen molar-refractivity contribution >= 4 is 44.7 Å². The highest BCUT2D eigenvalue weighted by Gasteiger charge is 2.35. The summed E-state index contributed by atoms with van der Waals surface area (Å²) in [4.78, 5) is 48.7. The summed E-state index contributed by atoms with van der Waals surface area (Å²) in [7, 11) is 0. The number of nitrogens with two attached hydrogens (primary N) is 1. The molecule has 0 radical (unpaired) electrons. The fourth-order valence-electron chi connectivity index (χ4n) is 5.06. The Balaban J connectivity index is 1.11. The Morgan fingerprint density at radius 1 is 1.19 bits per heavy atom. The van der Waals surface area contributed by atoms with Gasteiger partial charge in [-0.25, -0.2) is 14.4 Å². The number of hydrogen-bond donors (Lipinski definition) is 3. The maximum atomic E-state index is 14.0. The lowest BCUT2D eigenvalue weighted by Crippen LogP contribution is -2.36. The lowest BCUT2D eigenvalue weighted by Gasteiger charge is -2.15. The average Bonchev–Trinajstić information content (AvgIpc) is 3.69. The summed E-state index contributed by atoms with van der Waals surface area (Å²) in [5, 5.41) is 10.4. The van der Waals surface area contributed by atoms with Crippen molar-refractivity contribution in [3.8, 4) is 11.3 Å². The quantitative estimate of drug-likeness (QED) is 0.244. The van der Waals surface area contributed by atoms with Crippen LogP contribution in [-0.4, -0.2) is 31.5 Å². The largest absolute Gasteiger partial charge is 0.384 e. The minimum atomic E-state index is -0.759. The van der Waals surface area contributed by atoms with E-state index in [4.69, 9.17) is 10.3 Å². The molecule has 1 aliphatic heterocycles. The molecule has 5 heterocycles. The first kappa shape index (κ1) is 27.3. The van der Waals surface area contributed by atoms with Gasteiger partial charge in [0.15, 0.2) is 5.76 Å². The van der Waals surface area contributed by atoms with Crippen molar-refractivity contribution in [1.29, 1.82) is 0 Å². The third kappa shape index (κ3) is 5.38. The summed E-state index contributed by atoms with van der Waals surface area (Å²) < 4.78 is 21.6. The molecule has 1 aromatic carbocycles. The van der Waals surface area contributed by atoms with Gasteiger partial charge in [-0.05, 0) is 30.7 Å². The van der Waals surface area contributed by atoms with Gasteiger partial charge in [0.2, 0.25) is 11.8 Å². The number of nitrogens with one attached hydrogen (secondary N) is 2. The number of aromatic nitrogens is 4. The molecule has 5 aromatic rings. The Morgan fingerprint density at radius 3 is 2.86 bits per heavy atom. The van der Waals surface area contributed by atoms with Crippen LogP contribution in [0.15, 0.2) is 64.2 Å². The molecule has 42 heavy (non-hydrogen) atoms. The van der Waals surface area contributed by atoms with E-state index in [1.165, 1.54) is 28.2 Å². The van der Waals surface area contributed by atoms with Crippen molar-refractivity contribution in [3.63, 3.8) is 0 Å². The summed E-state index contributed by atoms with van der Waals surface area (Å²) in [6.07, 6.45) is 3.64. The second-order valence-electron chi connectivity index (χ2n) is 10.1. The Bertz CT molecular complexity index is 1880. The van der Waals surface area contributed by atoms with E-state index in [-0.39, 0.29) is 48.2 Å². The van der Waals surface area contributed by atoms with Gasteiger partial charge in [0.25, 0.3) is 5.56 Å². The fourth-order valence-corrected chi connectivity index (χ4v) is 6.08. The first-order valence-corrected chi connectivity index (χ1v) is 14.1. The highest BCUT2D eigenvalue weighted by Crippen LogP contribution is 2.34. The lowest BCUT2D eigenvalue weighted by molar-refractivity contribution is -0.124. The average molecular weight is 588 g/mol. The van der Waals surface area contributed by atoms with E-state index in [9.17, 15) is 18.8 Å². The molecule has 11 nitrogen and oxygen atoms in total. The van der Waals surface area contributed by atoms with Crippen molar-refractivity contribution in [2.45, 2.75) is 44.7 Å². The standard InChI is InChI=1S/C29H26FN7O4S/c1-15-8-22(28(39)34-13-18-9-16-12-32-25(31)11-24(16)42-18)37-27(15)33-14-21(29(37)40)35-26(38)7-6-17-10-23(41-36-17)19-4-2-3-5-20(19)30/h2-5,9-12,14-15,22H,6-8,13H2,1H3,(H2,31,32)(H,34,39)(H,35,38)/t15-,22+/m1/s1. The zero-order valence-corrected chi connectivity index (χ0v) is 23.3. The molecule has 6 rings (SSSR count). The zero-order valence-electron chi connectivity index (χ0n) is 22.5. The van der Waals surface area contributed by atoms with Crippen LogP contribution in [0.5, 0.6) is 0 Å². The van der Waals surface area contributed by atoms with Crippen LogP contribution >= 0.6 is 11.3 Å². The van der Waals surface area contributed by atoms with E-state index in [1.54, 1.807) is 36.5 Å². The van der Waals surface area contributed by atoms with Crippen molar-refractivity contribution in [2.24, 2.45) is 0 Å². The number of carbonyl (C=O) groups excluding carboxylic acids is 2. The number of rotatable bonds is 8.